The van der Waals surface area contributed by atoms with Crippen LogP contribution in [0.4, 0.5) is 10.6 Å². The Morgan fingerprint density at radius 1 is 1.32 bits per heavy atom. The number of nitrogens with one attached hydrogen (secondary N) is 2. The third-order valence-corrected chi connectivity index (χ3v) is 3.83. The van der Waals surface area contributed by atoms with Gasteiger partial charge >= 0.3 is 6.09 Å². The van der Waals surface area contributed by atoms with E-state index in [0.29, 0.717) is 5.82 Å². The highest BCUT2D eigenvalue weighted by Gasteiger charge is 2.12. The molecule has 0 bridgehead atoms. The SMILES string of the molecule is Cc1cc(Br)c2[nH]nc(NC(=O)OCc3ccccc3)c2c1. The smallest absolute Gasteiger partial charge is 0.413 e. The molecule has 0 aliphatic heterocycles. The quantitative estimate of drug-likeness (QED) is 0.728. The first kappa shape index (κ1) is 14.6. The Balaban J connectivity index is 1.72. The predicted molar refractivity (Wildman–Crippen MR) is 88.8 cm³/mol. The molecule has 3 aromatic rings. The van der Waals surface area contributed by atoms with Gasteiger partial charge in [-0.2, -0.15) is 5.10 Å². The number of nitrogens with zero attached hydrogens (tertiary/aromatic N) is 1. The number of anilines is 1. The van der Waals surface area contributed by atoms with Gasteiger partial charge in [-0.3, -0.25) is 10.4 Å². The summed E-state index contributed by atoms with van der Waals surface area (Å²) >= 11 is 3.47. The summed E-state index contributed by atoms with van der Waals surface area (Å²) in [5.74, 6) is 0.456. The number of fused-ring (bicyclic) bond motifs is 1. The number of aromatic nitrogens is 2. The maximum Gasteiger partial charge on any atom is 0.413 e. The van der Waals surface area contributed by atoms with Gasteiger partial charge in [-0.25, -0.2) is 4.79 Å². The minimum Gasteiger partial charge on any atom is -0.444 e. The first-order valence-corrected chi connectivity index (χ1v) is 7.55. The third kappa shape index (κ3) is 3.12. The summed E-state index contributed by atoms with van der Waals surface area (Å²) in [5, 5.41) is 10.5. The Bertz CT molecular complexity index is 815. The predicted octanol–water partition coefficient (Wildman–Crippen LogP) is 4.38. The van der Waals surface area contributed by atoms with Crippen molar-refractivity contribution in [3.63, 3.8) is 0 Å². The van der Waals surface area contributed by atoms with Crippen molar-refractivity contribution in [3.05, 3.63) is 58.1 Å². The van der Waals surface area contributed by atoms with Crippen LogP contribution in [0.25, 0.3) is 10.9 Å². The molecule has 0 spiro atoms. The Kier molecular flexibility index (Phi) is 4.11. The number of hydrogen-bond donors (Lipinski definition) is 2. The van der Waals surface area contributed by atoms with E-state index in [0.717, 1.165) is 26.5 Å². The van der Waals surface area contributed by atoms with Crippen LogP contribution in [0.1, 0.15) is 11.1 Å². The Morgan fingerprint density at radius 2 is 2.09 bits per heavy atom. The minimum absolute atomic E-state index is 0.220. The van der Waals surface area contributed by atoms with Gasteiger partial charge in [0.25, 0.3) is 0 Å². The molecule has 0 saturated carbocycles. The van der Waals surface area contributed by atoms with E-state index in [9.17, 15) is 4.79 Å². The summed E-state index contributed by atoms with van der Waals surface area (Å²) in [7, 11) is 0. The van der Waals surface area contributed by atoms with Crippen LogP contribution in [0, 0.1) is 6.92 Å². The van der Waals surface area contributed by atoms with Gasteiger partial charge in [0.15, 0.2) is 5.82 Å². The number of halogens is 1. The molecule has 2 N–H and O–H groups in total. The van der Waals surface area contributed by atoms with Gasteiger partial charge in [0.05, 0.1) is 5.52 Å². The molecular weight excluding hydrogens is 346 g/mol. The molecule has 0 radical (unpaired) electrons. The zero-order valence-corrected chi connectivity index (χ0v) is 13.5. The second-order valence-electron chi connectivity index (χ2n) is 4.93. The van der Waals surface area contributed by atoms with Gasteiger partial charge in [-0.15, -0.1) is 0 Å². The molecule has 1 heterocycles. The fourth-order valence-corrected chi connectivity index (χ4v) is 2.83. The lowest BCUT2D eigenvalue weighted by molar-refractivity contribution is 0.155. The summed E-state index contributed by atoms with van der Waals surface area (Å²) in [6.45, 7) is 2.20. The molecule has 0 saturated heterocycles. The van der Waals surface area contributed by atoms with Crippen LogP contribution in [0.3, 0.4) is 0 Å². The highest BCUT2D eigenvalue weighted by atomic mass is 79.9. The lowest BCUT2D eigenvalue weighted by Gasteiger charge is -2.05. The van der Waals surface area contributed by atoms with E-state index < -0.39 is 6.09 Å². The summed E-state index contributed by atoms with van der Waals surface area (Å²) in [6, 6.07) is 13.5. The van der Waals surface area contributed by atoms with Gasteiger partial charge < -0.3 is 4.74 Å². The van der Waals surface area contributed by atoms with Crippen molar-refractivity contribution in [2.24, 2.45) is 0 Å². The average Bonchev–Trinajstić information content (AvgIpc) is 2.89. The van der Waals surface area contributed by atoms with Crippen LogP contribution in [-0.2, 0) is 11.3 Å². The number of hydrogen-bond acceptors (Lipinski definition) is 3. The lowest BCUT2D eigenvalue weighted by Crippen LogP contribution is -2.14. The van der Waals surface area contributed by atoms with E-state index >= 15 is 0 Å². The molecular formula is C16H14BrN3O2. The second kappa shape index (κ2) is 6.19. The molecule has 0 fully saturated rings. The van der Waals surface area contributed by atoms with Crippen molar-refractivity contribution in [3.8, 4) is 0 Å². The van der Waals surface area contributed by atoms with Crippen LogP contribution in [0.5, 0.6) is 0 Å². The number of amides is 1. The Labute approximate surface area is 135 Å². The van der Waals surface area contributed by atoms with E-state index in [1.807, 2.05) is 49.4 Å². The highest BCUT2D eigenvalue weighted by Crippen LogP contribution is 2.28. The molecule has 5 nitrogen and oxygen atoms in total. The van der Waals surface area contributed by atoms with Gasteiger partial charge in [-0.1, -0.05) is 30.3 Å². The van der Waals surface area contributed by atoms with Crippen molar-refractivity contribution < 1.29 is 9.53 Å². The van der Waals surface area contributed by atoms with E-state index in [1.165, 1.54) is 0 Å². The number of carbonyl (C=O) groups excluding carboxylic acids is 1. The van der Waals surface area contributed by atoms with Crippen molar-refractivity contribution >= 4 is 38.7 Å². The zero-order valence-electron chi connectivity index (χ0n) is 11.9. The van der Waals surface area contributed by atoms with Crippen molar-refractivity contribution in [2.75, 3.05) is 5.32 Å². The van der Waals surface area contributed by atoms with E-state index in [-0.39, 0.29) is 6.61 Å². The van der Waals surface area contributed by atoms with Crippen LogP contribution >= 0.6 is 15.9 Å². The summed E-state index contributed by atoms with van der Waals surface area (Å²) in [6.07, 6.45) is -0.533. The highest BCUT2D eigenvalue weighted by molar-refractivity contribution is 9.10. The van der Waals surface area contributed by atoms with Gasteiger partial charge in [0.2, 0.25) is 0 Å². The summed E-state index contributed by atoms with van der Waals surface area (Å²) < 4.78 is 6.10. The average molecular weight is 360 g/mol. The van der Waals surface area contributed by atoms with Crippen molar-refractivity contribution in [1.29, 1.82) is 0 Å². The molecule has 6 heteroatoms. The standard InChI is InChI=1S/C16H14BrN3O2/c1-10-7-12-14(13(17)8-10)19-20-15(12)18-16(21)22-9-11-5-3-2-4-6-11/h2-8H,9H2,1H3,(H2,18,19,20,21). The molecule has 1 aromatic heterocycles. The van der Waals surface area contributed by atoms with Crippen LogP contribution in [0.2, 0.25) is 0 Å². The van der Waals surface area contributed by atoms with E-state index in [1.54, 1.807) is 0 Å². The minimum atomic E-state index is -0.533. The van der Waals surface area contributed by atoms with E-state index in [4.69, 9.17) is 4.74 Å². The topological polar surface area (TPSA) is 67.0 Å². The molecule has 0 atom stereocenters. The molecule has 0 unspecified atom stereocenters. The number of carbonyl (C=O) groups is 1. The monoisotopic (exact) mass is 359 g/mol. The molecule has 3 rings (SSSR count). The van der Waals surface area contributed by atoms with Crippen LogP contribution in [-0.4, -0.2) is 16.3 Å². The molecule has 1 amide bonds. The molecule has 0 aliphatic carbocycles. The van der Waals surface area contributed by atoms with Crippen molar-refractivity contribution in [1.82, 2.24) is 10.2 Å². The van der Waals surface area contributed by atoms with Crippen LogP contribution in [0.15, 0.2) is 46.9 Å². The molecule has 22 heavy (non-hydrogen) atoms. The van der Waals surface area contributed by atoms with Gasteiger partial charge in [-0.05, 0) is 46.1 Å². The number of rotatable bonds is 3. The molecule has 2 aromatic carbocycles. The fourth-order valence-electron chi connectivity index (χ4n) is 2.17. The van der Waals surface area contributed by atoms with Crippen LogP contribution < -0.4 is 5.32 Å². The zero-order chi connectivity index (χ0) is 15.5. The lowest BCUT2D eigenvalue weighted by atomic mass is 10.2. The number of aryl methyl sites for hydroxylation is 1. The third-order valence-electron chi connectivity index (χ3n) is 3.20. The Hall–Kier alpha value is -2.34. The maximum absolute atomic E-state index is 11.9. The Morgan fingerprint density at radius 3 is 2.86 bits per heavy atom. The van der Waals surface area contributed by atoms with Gasteiger partial charge in [0, 0.05) is 9.86 Å². The normalized spacial score (nSPS) is 10.6. The first-order valence-electron chi connectivity index (χ1n) is 6.75. The first-order chi connectivity index (χ1) is 10.6. The summed E-state index contributed by atoms with van der Waals surface area (Å²) in [4.78, 5) is 11.9. The maximum atomic E-state index is 11.9. The second-order valence-corrected chi connectivity index (χ2v) is 5.78. The summed E-state index contributed by atoms with van der Waals surface area (Å²) in [5.41, 5.74) is 2.84. The number of H-pyrrole nitrogens is 1. The largest absolute Gasteiger partial charge is 0.444 e. The van der Waals surface area contributed by atoms with E-state index in [2.05, 4.69) is 31.4 Å². The molecule has 0 aliphatic rings. The number of aromatic amines is 1. The number of ether oxygens (including phenoxy) is 1. The van der Waals surface area contributed by atoms with Crippen molar-refractivity contribution in [2.45, 2.75) is 13.5 Å². The molecule has 112 valence electrons. The number of benzene rings is 2. The van der Waals surface area contributed by atoms with Gasteiger partial charge in [0.1, 0.15) is 6.61 Å². The fraction of sp³-hybridized carbons (Fsp3) is 0.125.